The molecule has 1 aromatic carbocycles. The zero-order valence-corrected chi connectivity index (χ0v) is 11.7. The highest BCUT2D eigenvalue weighted by molar-refractivity contribution is 9.10. The second-order valence-corrected chi connectivity index (χ2v) is 5.71. The third kappa shape index (κ3) is 3.46. The fraction of sp³-hybridized carbons (Fsp3) is 0.571. The Morgan fingerprint density at radius 2 is 2.24 bits per heavy atom. The number of benzene rings is 1. The van der Waals surface area contributed by atoms with E-state index in [1.807, 2.05) is 18.2 Å². The molecule has 1 aromatic rings. The highest BCUT2D eigenvalue weighted by atomic mass is 79.9. The van der Waals surface area contributed by atoms with Gasteiger partial charge in [0.05, 0.1) is 17.7 Å². The molecule has 2 rings (SSSR count). The number of aliphatic hydroxyl groups is 1. The van der Waals surface area contributed by atoms with Gasteiger partial charge >= 0.3 is 0 Å². The first-order valence-corrected chi connectivity index (χ1v) is 6.99. The molecule has 1 unspecified atom stereocenters. The summed E-state index contributed by atoms with van der Waals surface area (Å²) >= 11 is 3.47. The van der Waals surface area contributed by atoms with E-state index in [1.165, 1.54) is 19.3 Å². The Labute approximate surface area is 111 Å². The zero-order chi connectivity index (χ0) is 12.3. The van der Waals surface area contributed by atoms with Crippen molar-refractivity contribution in [3.05, 3.63) is 28.2 Å². The Morgan fingerprint density at radius 3 is 2.76 bits per heavy atom. The fourth-order valence-corrected chi connectivity index (χ4v) is 2.89. The predicted octanol–water partition coefficient (Wildman–Crippen LogP) is 3.55. The smallest absolute Gasteiger partial charge is 0.133 e. The van der Waals surface area contributed by atoms with Crippen LogP contribution in [0.15, 0.2) is 22.7 Å². The van der Waals surface area contributed by atoms with Crippen LogP contribution < -0.4 is 4.74 Å². The van der Waals surface area contributed by atoms with E-state index in [-0.39, 0.29) is 6.10 Å². The molecule has 3 heteroatoms. The van der Waals surface area contributed by atoms with Gasteiger partial charge in [0.15, 0.2) is 0 Å². The minimum Gasteiger partial charge on any atom is -0.496 e. The average Bonchev–Trinajstić information content (AvgIpc) is 2.24. The SMILES string of the molecule is COc1ccc(CC(O)CC2CCC2)cc1Br. The number of rotatable bonds is 5. The van der Waals surface area contributed by atoms with Crippen LogP contribution in [0.5, 0.6) is 5.75 Å². The quantitative estimate of drug-likeness (QED) is 0.901. The Balaban J connectivity index is 1.90. The highest BCUT2D eigenvalue weighted by Gasteiger charge is 2.21. The van der Waals surface area contributed by atoms with Crippen LogP contribution in [0.3, 0.4) is 0 Å². The number of aliphatic hydroxyl groups excluding tert-OH is 1. The van der Waals surface area contributed by atoms with Crippen LogP contribution in [0.2, 0.25) is 0 Å². The summed E-state index contributed by atoms with van der Waals surface area (Å²) in [5.41, 5.74) is 1.16. The second kappa shape index (κ2) is 5.87. The van der Waals surface area contributed by atoms with Crippen LogP contribution in [0.1, 0.15) is 31.2 Å². The number of halogens is 1. The van der Waals surface area contributed by atoms with Gasteiger partial charge in [-0.05, 0) is 52.4 Å². The van der Waals surface area contributed by atoms with E-state index in [9.17, 15) is 5.11 Å². The minimum atomic E-state index is -0.208. The first-order valence-electron chi connectivity index (χ1n) is 6.19. The van der Waals surface area contributed by atoms with Crippen molar-refractivity contribution < 1.29 is 9.84 Å². The summed E-state index contributed by atoms with van der Waals surface area (Å²) in [6, 6.07) is 5.99. The van der Waals surface area contributed by atoms with Gasteiger partial charge in [0.1, 0.15) is 5.75 Å². The van der Waals surface area contributed by atoms with Crippen LogP contribution >= 0.6 is 15.9 Å². The van der Waals surface area contributed by atoms with Crippen LogP contribution in [0, 0.1) is 5.92 Å². The average molecular weight is 299 g/mol. The maximum atomic E-state index is 10.0. The standard InChI is InChI=1S/C14H19BrO2/c1-17-14-6-5-11(9-13(14)15)8-12(16)7-10-3-2-4-10/h5-6,9-10,12,16H,2-4,7-8H2,1H3. The third-order valence-electron chi connectivity index (χ3n) is 3.52. The van der Waals surface area contributed by atoms with Gasteiger partial charge < -0.3 is 9.84 Å². The molecule has 17 heavy (non-hydrogen) atoms. The van der Waals surface area contributed by atoms with E-state index in [1.54, 1.807) is 7.11 Å². The van der Waals surface area contributed by atoms with Crippen molar-refractivity contribution in [3.8, 4) is 5.75 Å². The molecule has 0 aromatic heterocycles. The van der Waals surface area contributed by atoms with Crippen molar-refractivity contribution in [1.29, 1.82) is 0 Å². The lowest BCUT2D eigenvalue weighted by Gasteiger charge is -2.27. The van der Waals surface area contributed by atoms with Crippen molar-refractivity contribution in [3.63, 3.8) is 0 Å². The van der Waals surface area contributed by atoms with Gasteiger partial charge in [0.25, 0.3) is 0 Å². The molecule has 0 radical (unpaired) electrons. The Hall–Kier alpha value is -0.540. The highest BCUT2D eigenvalue weighted by Crippen LogP contribution is 2.31. The summed E-state index contributed by atoms with van der Waals surface area (Å²) in [5, 5.41) is 10.0. The molecule has 94 valence electrons. The van der Waals surface area contributed by atoms with E-state index < -0.39 is 0 Å². The molecular weight excluding hydrogens is 280 g/mol. The van der Waals surface area contributed by atoms with Crippen LogP contribution in [-0.2, 0) is 6.42 Å². The van der Waals surface area contributed by atoms with Gasteiger partial charge in [0.2, 0.25) is 0 Å². The summed E-state index contributed by atoms with van der Waals surface area (Å²) < 4.78 is 6.14. The lowest BCUT2D eigenvalue weighted by molar-refractivity contribution is 0.118. The Bertz CT molecular complexity index is 374. The van der Waals surface area contributed by atoms with Crippen LogP contribution in [0.25, 0.3) is 0 Å². The molecule has 0 bridgehead atoms. The molecule has 0 aliphatic heterocycles. The zero-order valence-electron chi connectivity index (χ0n) is 10.2. The number of hydrogen-bond donors (Lipinski definition) is 1. The lowest BCUT2D eigenvalue weighted by Crippen LogP contribution is -2.20. The molecule has 1 aliphatic rings. The summed E-state index contributed by atoms with van der Waals surface area (Å²) in [7, 11) is 1.66. The monoisotopic (exact) mass is 298 g/mol. The van der Waals surface area contributed by atoms with E-state index in [4.69, 9.17) is 4.74 Å². The Morgan fingerprint density at radius 1 is 1.47 bits per heavy atom. The van der Waals surface area contributed by atoms with Gasteiger partial charge in [-0.1, -0.05) is 25.3 Å². The first kappa shape index (κ1) is 12.9. The third-order valence-corrected chi connectivity index (χ3v) is 4.14. The van der Waals surface area contributed by atoms with Crippen molar-refractivity contribution >= 4 is 15.9 Å². The molecular formula is C14H19BrO2. The Kier molecular flexibility index (Phi) is 4.46. The summed E-state index contributed by atoms with van der Waals surface area (Å²) in [5.74, 6) is 1.59. The maximum Gasteiger partial charge on any atom is 0.133 e. The van der Waals surface area contributed by atoms with E-state index in [0.29, 0.717) is 0 Å². The molecule has 1 aliphatic carbocycles. The summed E-state index contributed by atoms with van der Waals surface area (Å²) in [4.78, 5) is 0. The van der Waals surface area contributed by atoms with E-state index in [2.05, 4.69) is 15.9 Å². The molecule has 1 saturated carbocycles. The topological polar surface area (TPSA) is 29.5 Å². The van der Waals surface area contributed by atoms with Gasteiger partial charge in [-0.3, -0.25) is 0 Å². The van der Waals surface area contributed by atoms with Gasteiger partial charge in [-0.2, -0.15) is 0 Å². The number of ether oxygens (including phenoxy) is 1. The van der Waals surface area contributed by atoms with Crippen molar-refractivity contribution in [1.82, 2.24) is 0 Å². The molecule has 2 nitrogen and oxygen atoms in total. The fourth-order valence-electron chi connectivity index (χ4n) is 2.31. The molecule has 1 N–H and O–H groups in total. The lowest BCUT2D eigenvalue weighted by atomic mass is 9.80. The molecule has 0 heterocycles. The van der Waals surface area contributed by atoms with Crippen LogP contribution in [-0.4, -0.2) is 18.3 Å². The van der Waals surface area contributed by atoms with Gasteiger partial charge in [0, 0.05) is 0 Å². The van der Waals surface area contributed by atoms with Crippen molar-refractivity contribution in [2.45, 2.75) is 38.2 Å². The summed E-state index contributed by atoms with van der Waals surface area (Å²) in [6.45, 7) is 0. The normalized spacial score (nSPS) is 17.6. The maximum absolute atomic E-state index is 10.0. The second-order valence-electron chi connectivity index (χ2n) is 4.86. The minimum absolute atomic E-state index is 0.208. The molecule has 1 fully saturated rings. The predicted molar refractivity (Wildman–Crippen MR) is 72.4 cm³/mol. The molecule has 0 spiro atoms. The number of methoxy groups -OCH3 is 1. The van der Waals surface area contributed by atoms with Crippen LogP contribution in [0.4, 0.5) is 0 Å². The molecule has 0 amide bonds. The van der Waals surface area contributed by atoms with Crippen molar-refractivity contribution in [2.24, 2.45) is 5.92 Å². The van der Waals surface area contributed by atoms with Gasteiger partial charge in [-0.25, -0.2) is 0 Å². The summed E-state index contributed by atoms with van der Waals surface area (Å²) in [6.07, 6.45) is 5.40. The first-order chi connectivity index (χ1) is 8.19. The van der Waals surface area contributed by atoms with E-state index in [0.717, 1.165) is 34.5 Å². The largest absolute Gasteiger partial charge is 0.496 e. The van der Waals surface area contributed by atoms with Gasteiger partial charge in [-0.15, -0.1) is 0 Å². The van der Waals surface area contributed by atoms with Crippen molar-refractivity contribution in [2.75, 3.05) is 7.11 Å². The number of hydrogen-bond acceptors (Lipinski definition) is 2. The van der Waals surface area contributed by atoms with E-state index >= 15 is 0 Å². The molecule has 0 saturated heterocycles. The molecule has 1 atom stereocenters.